The molecule has 2 amide bonds. The molecular formula is C32H36N4O5S. The topological polar surface area (TPSA) is 103 Å². The number of aryl methyl sites for hydroxylation is 2. The van der Waals surface area contributed by atoms with Crippen LogP contribution in [-0.2, 0) is 11.2 Å². The fourth-order valence-electron chi connectivity index (χ4n) is 5.25. The van der Waals surface area contributed by atoms with Crippen molar-refractivity contribution in [2.75, 3.05) is 23.9 Å². The van der Waals surface area contributed by atoms with E-state index in [0.717, 1.165) is 24.3 Å². The summed E-state index contributed by atoms with van der Waals surface area (Å²) in [6.45, 7) is 12.0. The number of rotatable bonds is 4. The second-order valence-corrected chi connectivity index (χ2v) is 12.7. The summed E-state index contributed by atoms with van der Waals surface area (Å²) >= 11 is 1.66. The molecule has 9 nitrogen and oxygen atoms in total. The first-order valence-corrected chi connectivity index (χ1v) is 14.8. The number of benzene rings is 2. The average Bonchev–Trinajstić information content (AvgIpc) is 3.32. The molecule has 0 unspecified atom stereocenters. The van der Waals surface area contributed by atoms with Gasteiger partial charge in [-0.1, -0.05) is 6.07 Å². The molecule has 0 saturated heterocycles. The van der Waals surface area contributed by atoms with E-state index in [2.05, 4.69) is 24.1 Å². The van der Waals surface area contributed by atoms with Gasteiger partial charge in [-0.05, 0) is 102 Å². The summed E-state index contributed by atoms with van der Waals surface area (Å²) in [7, 11) is 1.48. The van der Waals surface area contributed by atoms with Crippen LogP contribution in [0.4, 0.5) is 15.5 Å². The molecule has 2 aromatic heterocycles. The fraction of sp³-hybridized carbons (Fsp3) is 0.375. The number of methoxy groups -OCH3 is 1. The molecule has 0 saturated carbocycles. The van der Waals surface area contributed by atoms with E-state index in [-0.39, 0.29) is 17.2 Å². The van der Waals surface area contributed by atoms with Crippen molar-refractivity contribution < 1.29 is 23.9 Å². The van der Waals surface area contributed by atoms with Gasteiger partial charge in [0, 0.05) is 17.0 Å². The van der Waals surface area contributed by atoms with Crippen molar-refractivity contribution >= 4 is 51.0 Å². The molecule has 0 atom stereocenters. The molecule has 2 aromatic carbocycles. The summed E-state index contributed by atoms with van der Waals surface area (Å²) in [5, 5.41) is 3.92. The van der Waals surface area contributed by atoms with Crippen molar-refractivity contribution in [2.24, 2.45) is 0 Å². The number of hydrogen-bond donors (Lipinski definition) is 1. The lowest BCUT2D eigenvalue weighted by atomic mass is 10.1. The van der Waals surface area contributed by atoms with E-state index < -0.39 is 17.6 Å². The third-order valence-corrected chi connectivity index (χ3v) is 8.68. The molecule has 1 aliphatic heterocycles. The number of aromatic nitrogens is 2. The van der Waals surface area contributed by atoms with Crippen molar-refractivity contribution in [3.8, 4) is 5.75 Å². The van der Waals surface area contributed by atoms with Crippen LogP contribution in [0, 0.1) is 20.8 Å². The number of ether oxygens (including phenoxy) is 2. The quantitative estimate of drug-likeness (QED) is 0.274. The number of carbonyl (C=O) groups excluding carboxylic acids is 3. The van der Waals surface area contributed by atoms with Gasteiger partial charge in [0.05, 0.1) is 23.9 Å². The molecule has 1 N–H and O–H groups in total. The van der Waals surface area contributed by atoms with Crippen LogP contribution < -0.4 is 15.0 Å². The van der Waals surface area contributed by atoms with Crippen LogP contribution in [0.1, 0.15) is 76.2 Å². The maximum Gasteiger partial charge on any atom is 0.420 e. The molecule has 4 aromatic rings. The van der Waals surface area contributed by atoms with E-state index in [0.29, 0.717) is 34.7 Å². The molecule has 0 fully saturated rings. The smallest absolute Gasteiger partial charge is 0.420 e. The van der Waals surface area contributed by atoms with Crippen molar-refractivity contribution in [3.05, 3.63) is 69.4 Å². The van der Waals surface area contributed by atoms with Gasteiger partial charge in [-0.2, -0.15) is 0 Å². The number of thiophene rings is 1. The van der Waals surface area contributed by atoms with Crippen molar-refractivity contribution in [1.29, 1.82) is 0 Å². The van der Waals surface area contributed by atoms with Gasteiger partial charge in [-0.25, -0.2) is 14.3 Å². The average molecular weight is 589 g/mol. The molecule has 42 heavy (non-hydrogen) atoms. The number of anilines is 2. The number of nitrogens with zero attached hydrogens (tertiary/aromatic N) is 3. The number of imidazole rings is 1. The molecule has 5 rings (SSSR count). The summed E-state index contributed by atoms with van der Waals surface area (Å²) in [5.74, 6) is 0.186. The first-order valence-electron chi connectivity index (χ1n) is 14.0. The standard InChI is InChI=1S/C32H36N4O5S/c1-18-19(2)42-30-22(18)11-8-9-16-35(30)29(38)21-14-15-23(26(17-21)40-7)28(37)34-24-12-10-13-25-27(24)33-20(3)36(25)31(39)41-32(4,5)6/h10,12-15,17H,8-9,11,16H2,1-7H3,(H,34,37). The fourth-order valence-corrected chi connectivity index (χ4v) is 6.48. The lowest BCUT2D eigenvalue weighted by Crippen LogP contribution is -2.31. The third kappa shape index (κ3) is 5.51. The number of para-hydroxylation sites is 1. The predicted molar refractivity (Wildman–Crippen MR) is 165 cm³/mol. The van der Waals surface area contributed by atoms with E-state index >= 15 is 0 Å². The SMILES string of the molecule is COc1cc(C(=O)N2CCCCc3c2sc(C)c3C)ccc1C(=O)Nc1cccc2c1nc(C)n2C(=O)OC(C)(C)C. The summed E-state index contributed by atoms with van der Waals surface area (Å²) in [6.07, 6.45) is 2.40. The molecule has 220 valence electrons. The van der Waals surface area contributed by atoms with Crippen LogP contribution in [0.2, 0.25) is 0 Å². The van der Waals surface area contributed by atoms with Gasteiger partial charge >= 0.3 is 6.09 Å². The lowest BCUT2D eigenvalue weighted by molar-refractivity contribution is 0.0540. The first-order chi connectivity index (χ1) is 19.9. The summed E-state index contributed by atoms with van der Waals surface area (Å²) in [6, 6.07) is 10.1. The molecule has 1 aliphatic rings. The molecule has 10 heteroatoms. The number of amides is 2. The summed E-state index contributed by atoms with van der Waals surface area (Å²) in [5.41, 5.74) is 3.98. The second kappa shape index (κ2) is 11.2. The van der Waals surface area contributed by atoms with Gasteiger partial charge in [-0.3, -0.25) is 14.5 Å². The highest BCUT2D eigenvalue weighted by Crippen LogP contribution is 2.39. The number of hydrogen-bond acceptors (Lipinski definition) is 7. The monoisotopic (exact) mass is 588 g/mol. The Hall–Kier alpha value is -4.18. The van der Waals surface area contributed by atoms with E-state index in [1.54, 1.807) is 75.4 Å². The van der Waals surface area contributed by atoms with Crippen LogP contribution in [0.5, 0.6) is 5.75 Å². The molecule has 0 aliphatic carbocycles. The van der Waals surface area contributed by atoms with E-state index in [1.807, 2.05) is 4.90 Å². The Morgan fingerprint density at radius 3 is 2.52 bits per heavy atom. The summed E-state index contributed by atoms with van der Waals surface area (Å²) < 4.78 is 12.5. The van der Waals surface area contributed by atoms with Gasteiger partial charge in [0.15, 0.2) is 0 Å². The number of nitrogens with one attached hydrogen (secondary N) is 1. The number of carbonyl (C=O) groups is 3. The van der Waals surface area contributed by atoms with Gasteiger partial charge in [0.25, 0.3) is 11.8 Å². The minimum absolute atomic E-state index is 0.113. The second-order valence-electron chi connectivity index (χ2n) is 11.5. The van der Waals surface area contributed by atoms with E-state index in [1.165, 1.54) is 27.7 Å². The minimum Gasteiger partial charge on any atom is -0.496 e. The highest BCUT2D eigenvalue weighted by Gasteiger charge is 2.28. The highest BCUT2D eigenvalue weighted by atomic mass is 32.1. The highest BCUT2D eigenvalue weighted by molar-refractivity contribution is 7.16. The Balaban J connectivity index is 1.42. The van der Waals surface area contributed by atoms with E-state index in [9.17, 15) is 14.4 Å². The van der Waals surface area contributed by atoms with Crippen LogP contribution in [0.25, 0.3) is 11.0 Å². The van der Waals surface area contributed by atoms with Crippen molar-refractivity contribution in [3.63, 3.8) is 0 Å². The van der Waals surface area contributed by atoms with E-state index in [4.69, 9.17) is 9.47 Å². The van der Waals surface area contributed by atoms with Crippen LogP contribution >= 0.6 is 11.3 Å². The van der Waals surface area contributed by atoms with Crippen molar-refractivity contribution in [2.45, 2.75) is 66.4 Å². The Bertz CT molecular complexity index is 1710. The molecule has 0 radical (unpaired) electrons. The van der Waals surface area contributed by atoms with Crippen LogP contribution in [0.3, 0.4) is 0 Å². The van der Waals surface area contributed by atoms with Crippen LogP contribution in [-0.4, -0.2) is 46.7 Å². The first kappa shape index (κ1) is 29.3. The Kier molecular flexibility index (Phi) is 7.85. The molecular weight excluding hydrogens is 552 g/mol. The van der Waals surface area contributed by atoms with Crippen LogP contribution in [0.15, 0.2) is 36.4 Å². The van der Waals surface area contributed by atoms with Gasteiger partial charge in [-0.15, -0.1) is 11.3 Å². The van der Waals surface area contributed by atoms with Gasteiger partial charge in [0.1, 0.15) is 27.7 Å². The zero-order valence-corrected chi connectivity index (χ0v) is 25.9. The normalized spacial score (nSPS) is 13.5. The maximum absolute atomic E-state index is 13.7. The maximum atomic E-state index is 13.7. The molecule has 0 spiro atoms. The minimum atomic E-state index is -0.673. The Morgan fingerprint density at radius 2 is 1.81 bits per heavy atom. The number of fused-ring (bicyclic) bond motifs is 2. The predicted octanol–water partition coefficient (Wildman–Crippen LogP) is 7.05. The zero-order chi connectivity index (χ0) is 30.3. The lowest BCUT2D eigenvalue weighted by Gasteiger charge is -2.21. The Labute approximate surface area is 249 Å². The van der Waals surface area contributed by atoms with Gasteiger partial charge in [0.2, 0.25) is 0 Å². The molecule has 0 bridgehead atoms. The summed E-state index contributed by atoms with van der Waals surface area (Å²) in [4.78, 5) is 47.7. The van der Waals surface area contributed by atoms with Gasteiger partial charge < -0.3 is 14.8 Å². The van der Waals surface area contributed by atoms with Crippen molar-refractivity contribution in [1.82, 2.24) is 9.55 Å². The third-order valence-electron chi connectivity index (χ3n) is 7.41. The zero-order valence-electron chi connectivity index (χ0n) is 25.1. The Morgan fingerprint density at radius 1 is 1.05 bits per heavy atom. The molecule has 3 heterocycles. The largest absolute Gasteiger partial charge is 0.496 e.